The smallest absolute Gasteiger partial charge is 0.0489 e. The molecule has 1 heterocycles. The monoisotopic (exact) mass is 228 g/mol. The van der Waals surface area contributed by atoms with E-state index in [1.165, 1.54) is 39.0 Å². The van der Waals surface area contributed by atoms with Gasteiger partial charge in [-0.1, -0.05) is 13.8 Å². The van der Waals surface area contributed by atoms with Gasteiger partial charge in [-0.25, -0.2) is 0 Å². The fraction of sp³-hybridized carbons (Fsp3) is 1.00. The highest BCUT2D eigenvalue weighted by atomic mass is 16.5. The molecule has 0 radical (unpaired) electrons. The number of nitrogens with zero attached hydrogens (tertiary/aromatic N) is 1. The van der Waals surface area contributed by atoms with Crippen LogP contribution in [0.25, 0.3) is 0 Å². The fourth-order valence-corrected chi connectivity index (χ4v) is 2.28. The Bertz CT molecular complexity index is 173. The molecule has 1 aliphatic rings. The Labute approximate surface area is 101 Å². The Balaban J connectivity index is 1.94. The van der Waals surface area contributed by atoms with Gasteiger partial charge in [0, 0.05) is 26.3 Å². The summed E-state index contributed by atoms with van der Waals surface area (Å²) in [6.07, 6.45) is 2.53. The number of ether oxygens (including phenoxy) is 1. The van der Waals surface area contributed by atoms with Gasteiger partial charge in [-0.2, -0.15) is 0 Å². The van der Waals surface area contributed by atoms with Crippen molar-refractivity contribution in [2.45, 2.75) is 26.7 Å². The maximum Gasteiger partial charge on any atom is 0.0489 e. The van der Waals surface area contributed by atoms with E-state index in [1.807, 2.05) is 7.05 Å². The van der Waals surface area contributed by atoms with Crippen LogP contribution in [-0.2, 0) is 4.74 Å². The van der Waals surface area contributed by atoms with E-state index in [2.05, 4.69) is 24.1 Å². The van der Waals surface area contributed by atoms with Crippen LogP contribution in [0.4, 0.5) is 0 Å². The molecule has 0 aromatic rings. The minimum absolute atomic E-state index is 0.659. The summed E-state index contributed by atoms with van der Waals surface area (Å²) in [5.74, 6) is 1.52. The summed E-state index contributed by atoms with van der Waals surface area (Å²) in [6, 6.07) is 0. The fourth-order valence-electron chi connectivity index (χ4n) is 2.28. The zero-order chi connectivity index (χ0) is 11.8. The molecule has 1 unspecified atom stereocenters. The Hall–Kier alpha value is -0.120. The number of nitrogens with one attached hydrogen (secondary N) is 1. The van der Waals surface area contributed by atoms with E-state index in [1.54, 1.807) is 0 Å². The van der Waals surface area contributed by atoms with Crippen molar-refractivity contribution in [1.82, 2.24) is 10.2 Å². The van der Waals surface area contributed by atoms with Gasteiger partial charge in [-0.05, 0) is 44.8 Å². The molecule has 0 aromatic heterocycles. The number of likely N-dealkylation sites (tertiary alicyclic amines) is 1. The summed E-state index contributed by atoms with van der Waals surface area (Å²) in [5, 5.41) is 3.27. The minimum Gasteiger partial charge on any atom is -0.381 e. The second-order valence-electron chi connectivity index (χ2n) is 5.34. The van der Waals surface area contributed by atoms with Gasteiger partial charge in [-0.15, -0.1) is 0 Å². The Kier molecular flexibility index (Phi) is 7.01. The van der Waals surface area contributed by atoms with E-state index >= 15 is 0 Å². The predicted molar refractivity (Wildman–Crippen MR) is 68.7 cm³/mol. The lowest BCUT2D eigenvalue weighted by Crippen LogP contribution is -2.26. The van der Waals surface area contributed by atoms with Gasteiger partial charge in [0.25, 0.3) is 0 Å². The van der Waals surface area contributed by atoms with Crippen LogP contribution >= 0.6 is 0 Å². The highest BCUT2D eigenvalue weighted by molar-refractivity contribution is 4.76. The first kappa shape index (κ1) is 13.9. The number of hydrogen-bond acceptors (Lipinski definition) is 3. The molecule has 0 amide bonds. The summed E-state index contributed by atoms with van der Waals surface area (Å²) in [6.45, 7) is 11.1. The molecule has 1 atom stereocenters. The SMILES string of the molecule is CNCC1CCN(CCCOCC(C)C)C1. The summed E-state index contributed by atoms with van der Waals surface area (Å²) in [7, 11) is 2.04. The zero-order valence-corrected chi connectivity index (χ0v) is 11.2. The number of rotatable bonds is 8. The first-order chi connectivity index (χ1) is 7.72. The number of hydrogen-bond donors (Lipinski definition) is 1. The molecule has 0 aliphatic carbocycles. The van der Waals surface area contributed by atoms with Gasteiger partial charge in [0.15, 0.2) is 0 Å². The van der Waals surface area contributed by atoms with Crippen molar-refractivity contribution in [1.29, 1.82) is 0 Å². The van der Waals surface area contributed by atoms with E-state index < -0.39 is 0 Å². The second-order valence-corrected chi connectivity index (χ2v) is 5.34. The molecule has 3 heteroatoms. The molecule has 96 valence electrons. The molecule has 1 rings (SSSR count). The third-order valence-electron chi connectivity index (χ3n) is 3.08. The van der Waals surface area contributed by atoms with Crippen molar-refractivity contribution >= 4 is 0 Å². The second kappa shape index (κ2) is 8.04. The van der Waals surface area contributed by atoms with Crippen LogP contribution in [0.2, 0.25) is 0 Å². The van der Waals surface area contributed by atoms with Crippen LogP contribution in [0.5, 0.6) is 0 Å². The van der Waals surface area contributed by atoms with Gasteiger partial charge >= 0.3 is 0 Å². The van der Waals surface area contributed by atoms with E-state index in [-0.39, 0.29) is 0 Å². The minimum atomic E-state index is 0.659. The lowest BCUT2D eigenvalue weighted by molar-refractivity contribution is 0.101. The van der Waals surface area contributed by atoms with Crippen LogP contribution in [0.3, 0.4) is 0 Å². The van der Waals surface area contributed by atoms with Crippen LogP contribution in [0.1, 0.15) is 26.7 Å². The van der Waals surface area contributed by atoms with Crippen molar-refractivity contribution in [2.24, 2.45) is 11.8 Å². The van der Waals surface area contributed by atoms with Crippen molar-refractivity contribution in [3.8, 4) is 0 Å². The van der Waals surface area contributed by atoms with E-state index in [0.29, 0.717) is 5.92 Å². The Morgan fingerprint density at radius 2 is 2.25 bits per heavy atom. The summed E-state index contributed by atoms with van der Waals surface area (Å²) in [4.78, 5) is 2.57. The van der Waals surface area contributed by atoms with Crippen molar-refractivity contribution < 1.29 is 4.74 Å². The van der Waals surface area contributed by atoms with E-state index in [9.17, 15) is 0 Å². The summed E-state index contributed by atoms with van der Waals surface area (Å²) < 4.78 is 5.59. The van der Waals surface area contributed by atoms with Gasteiger partial charge in [0.1, 0.15) is 0 Å². The highest BCUT2D eigenvalue weighted by Gasteiger charge is 2.20. The van der Waals surface area contributed by atoms with Crippen LogP contribution < -0.4 is 5.32 Å². The average molecular weight is 228 g/mol. The normalized spacial score (nSPS) is 22.1. The summed E-state index contributed by atoms with van der Waals surface area (Å²) in [5.41, 5.74) is 0. The average Bonchev–Trinajstić information content (AvgIpc) is 2.65. The van der Waals surface area contributed by atoms with Gasteiger partial charge in [0.05, 0.1) is 0 Å². The van der Waals surface area contributed by atoms with Crippen molar-refractivity contribution in [3.63, 3.8) is 0 Å². The lowest BCUT2D eigenvalue weighted by Gasteiger charge is -2.16. The molecule has 1 N–H and O–H groups in total. The third-order valence-corrected chi connectivity index (χ3v) is 3.08. The molecule has 0 spiro atoms. The molecule has 0 saturated carbocycles. The van der Waals surface area contributed by atoms with Gasteiger partial charge < -0.3 is 15.0 Å². The van der Waals surface area contributed by atoms with Crippen LogP contribution in [0.15, 0.2) is 0 Å². The first-order valence-corrected chi connectivity index (χ1v) is 6.67. The molecular weight excluding hydrogens is 200 g/mol. The predicted octanol–water partition coefficient (Wildman–Crippen LogP) is 1.59. The molecule has 1 aliphatic heterocycles. The quantitative estimate of drug-likeness (QED) is 0.639. The van der Waals surface area contributed by atoms with Crippen LogP contribution in [0, 0.1) is 11.8 Å². The maximum atomic E-state index is 5.59. The highest BCUT2D eigenvalue weighted by Crippen LogP contribution is 2.15. The lowest BCUT2D eigenvalue weighted by atomic mass is 10.1. The molecular formula is C13H28N2O. The molecule has 0 aromatic carbocycles. The standard InChI is InChI=1S/C13H28N2O/c1-12(2)11-16-8-4-6-15-7-5-13(10-15)9-14-3/h12-14H,4-11H2,1-3H3. The molecule has 3 nitrogen and oxygen atoms in total. The van der Waals surface area contributed by atoms with E-state index in [0.717, 1.165) is 19.1 Å². The van der Waals surface area contributed by atoms with Gasteiger partial charge in [0.2, 0.25) is 0 Å². The van der Waals surface area contributed by atoms with Crippen LogP contribution in [-0.4, -0.2) is 51.3 Å². The zero-order valence-electron chi connectivity index (χ0n) is 11.2. The Morgan fingerprint density at radius 1 is 1.44 bits per heavy atom. The third kappa shape index (κ3) is 5.83. The molecule has 16 heavy (non-hydrogen) atoms. The van der Waals surface area contributed by atoms with E-state index in [4.69, 9.17) is 4.74 Å². The molecule has 0 bridgehead atoms. The van der Waals surface area contributed by atoms with Gasteiger partial charge in [-0.3, -0.25) is 0 Å². The summed E-state index contributed by atoms with van der Waals surface area (Å²) >= 11 is 0. The van der Waals surface area contributed by atoms with Crippen molar-refractivity contribution in [2.75, 3.05) is 46.4 Å². The first-order valence-electron chi connectivity index (χ1n) is 6.67. The van der Waals surface area contributed by atoms with Crippen molar-refractivity contribution in [3.05, 3.63) is 0 Å². The largest absolute Gasteiger partial charge is 0.381 e. The molecule has 1 saturated heterocycles. The Morgan fingerprint density at radius 3 is 2.94 bits per heavy atom. The molecule has 1 fully saturated rings. The topological polar surface area (TPSA) is 24.5 Å². The maximum absolute atomic E-state index is 5.59.